The predicted octanol–water partition coefficient (Wildman–Crippen LogP) is 3.80. The molecule has 4 heteroatoms. The van der Waals surface area contributed by atoms with Crippen molar-refractivity contribution < 1.29 is 9.84 Å². The molecule has 0 heterocycles. The van der Waals surface area contributed by atoms with E-state index in [2.05, 4.69) is 34.2 Å². The van der Waals surface area contributed by atoms with Crippen molar-refractivity contribution in [1.82, 2.24) is 5.32 Å². The third kappa shape index (κ3) is 4.30. The fraction of sp³-hybridized carbons (Fsp3) is 0.294. The van der Waals surface area contributed by atoms with E-state index in [4.69, 9.17) is 9.84 Å². The maximum absolute atomic E-state index is 9.04. The summed E-state index contributed by atoms with van der Waals surface area (Å²) in [6, 6.07) is 14.0. The first-order chi connectivity index (χ1) is 10.1. The number of aliphatic hydroxyl groups is 1. The van der Waals surface area contributed by atoms with Gasteiger partial charge in [-0.3, -0.25) is 0 Å². The largest absolute Gasteiger partial charge is 0.489 e. The Bertz CT molecular complexity index is 584. The number of halogens is 1. The highest BCUT2D eigenvalue weighted by molar-refractivity contribution is 9.10. The van der Waals surface area contributed by atoms with Crippen LogP contribution in [-0.4, -0.2) is 12.2 Å². The molecule has 3 nitrogen and oxygen atoms in total. The fourth-order valence-electron chi connectivity index (χ4n) is 2.05. The van der Waals surface area contributed by atoms with Gasteiger partial charge in [0.15, 0.2) is 0 Å². The van der Waals surface area contributed by atoms with Gasteiger partial charge < -0.3 is 15.2 Å². The first-order valence-electron chi connectivity index (χ1n) is 6.92. The zero-order valence-corrected chi connectivity index (χ0v) is 13.9. The lowest BCUT2D eigenvalue weighted by molar-refractivity contribution is 0.281. The van der Waals surface area contributed by atoms with Crippen LogP contribution in [0.3, 0.4) is 0 Å². The van der Waals surface area contributed by atoms with Gasteiger partial charge in [-0.2, -0.15) is 0 Å². The molecule has 0 aliphatic rings. The van der Waals surface area contributed by atoms with Crippen LogP contribution >= 0.6 is 15.9 Å². The second-order valence-corrected chi connectivity index (χ2v) is 5.87. The molecule has 0 aromatic heterocycles. The summed E-state index contributed by atoms with van der Waals surface area (Å²) in [6.07, 6.45) is 0. The molecule has 1 atom stereocenters. The fourth-order valence-corrected chi connectivity index (χ4v) is 2.43. The third-order valence-corrected chi connectivity index (χ3v) is 3.96. The number of ether oxygens (including phenoxy) is 1. The summed E-state index contributed by atoms with van der Waals surface area (Å²) in [7, 11) is 1.93. The number of hydrogen-bond donors (Lipinski definition) is 2. The first-order valence-corrected chi connectivity index (χ1v) is 7.71. The maximum atomic E-state index is 9.04. The van der Waals surface area contributed by atoms with Crippen LogP contribution in [0.1, 0.15) is 29.7 Å². The Morgan fingerprint density at radius 2 is 1.81 bits per heavy atom. The van der Waals surface area contributed by atoms with Crippen LogP contribution in [0, 0.1) is 0 Å². The van der Waals surface area contributed by atoms with Crippen LogP contribution in [0.2, 0.25) is 0 Å². The third-order valence-electron chi connectivity index (χ3n) is 3.47. The van der Waals surface area contributed by atoms with Crippen molar-refractivity contribution in [2.75, 3.05) is 7.05 Å². The van der Waals surface area contributed by atoms with E-state index in [0.29, 0.717) is 6.61 Å². The first kappa shape index (κ1) is 16.0. The minimum atomic E-state index is 0.0671. The van der Waals surface area contributed by atoms with Crippen molar-refractivity contribution in [3.63, 3.8) is 0 Å². The molecule has 1 unspecified atom stereocenters. The zero-order chi connectivity index (χ0) is 15.2. The van der Waals surface area contributed by atoms with Gasteiger partial charge in [0.2, 0.25) is 0 Å². The molecule has 2 rings (SSSR count). The average molecular weight is 350 g/mol. The summed E-state index contributed by atoms with van der Waals surface area (Å²) in [5, 5.41) is 12.3. The van der Waals surface area contributed by atoms with Gasteiger partial charge in [0, 0.05) is 16.1 Å². The minimum absolute atomic E-state index is 0.0671. The van der Waals surface area contributed by atoms with E-state index in [0.717, 1.165) is 26.9 Å². The average Bonchev–Trinajstić information content (AvgIpc) is 2.53. The zero-order valence-electron chi connectivity index (χ0n) is 12.3. The van der Waals surface area contributed by atoms with Gasteiger partial charge in [0.1, 0.15) is 12.4 Å². The van der Waals surface area contributed by atoms with Crippen LogP contribution in [0.25, 0.3) is 0 Å². The van der Waals surface area contributed by atoms with Gasteiger partial charge >= 0.3 is 0 Å². The van der Waals surface area contributed by atoms with E-state index >= 15 is 0 Å². The molecular formula is C17H20BrNO2. The lowest BCUT2D eigenvalue weighted by Crippen LogP contribution is -2.13. The molecular weight excluding hydrogens is 330 g/mol. The Balaban J connectivity index is 2.11. The van der Waals surface area contributed by atoms with E-state index in [1.54, 1.807) is 0 Å². The Labute approximate surface area is 134 Å². The van der Waals surface area contributed by atoms with Gasteiger partial charge in [0.05, 0.1) is 6.61 Å². The van der Waals surface area contributed by atoms with Gasteiger partial charge in [-0.15, -0.1) is 0 Å². The Morgan fingerprint density at radius 1 is 1.14 bits per heavy atom. The number of nitrogens with one attached hydrogen (secondary N) is 1. The number of rotatable bonds is 6. The second-order valence-electron chi connectivity index (χ2n) is 4.96. The van der Waals surface area contributed by atoms with Crippen LogP contribution in [0.4, 0.5) is 0 Å². The van der Waals surface area contributed by atoms with Crippen molar-refractivity contribution >= 4 is 15.9 Å². The topological polar surface area (TPSA) is 41.5 Å². The minimum Gasteiger partial charge on any atom is -0.489 e. The molecule has 0 aliphatic carbocycles. The van der Waals surface area contributed by atoms with Crippen LogP contribution in [-0.2, 0) is 13.2 Å². The molecule has 0 aliphatic heterocycles. The summed E-state index contributed by atoms with van der Waals surface area (Å²) in [6.45, 7) is 2.68. The summed E-state index contributed by atoms with van der Waals surface area (Å²) >= 11 is 3.50. The molecule has 112 valence electrons. The predicted molar refractivity (Wildman–Crippen MR) is 88.3 cm³/mol. The molecule has 0 bridgehead atoms. The van der Waals surface area contributed by atoms with Gasteiger partial charge in [0.25, 0.3) is 0 Å². The van der Waals surface area contributed by atoms with Gasteiger partial charge in [-0.25, -0.2) is 0 Å². The standard InChI is InChI=1S/C17H20BrNO2/c1-12(19-2)16-9-15(18)7-8-17(16)21-11-14-5-3-13(10-20)4-6-14/h3-9,12,19-20H,10-11H2,1-2H3. The molecule has 0 radical (unpaired) electrons. The normalized spacial score (nSPS) is 12.2. The molecule has 2 N–H and O–H groups in total. The lowest BCUT2D eigenvalue weighted by Gasteiger charge is -2.17. The van der Waals surface area contributed by atoms with Crippen molar-refractivity contribution in [1.29, 1.82) is 0 Å². The van der Waals surface area contributed by atoms with Crippen molar-refractivity contribution in [3.8, 4) is 5.75 Å². The van der Waals surface area contributed by atoms with Gasteiger partial charge in [-0.05, 0) is 43.3 Å². The molecule has 0 spiro atoms. The molecule has 0 saturated carbocycles. The molecule has 2 aromatic rings. The van der Waals surface area contributed by atoms with E-state index in [-0.39, 0.29) is 12.6 Å². The highest BCUT2D eigenvalue weighted by Gasteiger charge is 2.11. The quantitative estimate of drug-likeness (QED) is 0.833. The van der Waals surface area contributed by atoms with E-state index in [1.807, 2.05) is 43.4 Å². The Kier molecular flexibility index (Phi) is 5.79. The number of aliphatic hydroxyl groups excluding tert-OH is 1. The van der Waals surface area contributed by atoms with E-state index in [1.165, 1.54) is 0 Å². The van der Waals surface area contributed by atoms with E-state index in [9.17, 15) is 0 Å². The van der Waals surface area contributed by atoms with E-state index < -0.39 is 0 Å². The summed E-state index contributed by atoms with van der Waals surface area (Å²) in [5.41, 5.74) is 3.11. The highest BCUT2D eigenvalue weighted by Crippen LogP contribution is 2.29. The molecule has 21 heavy (non-hydrogen) atoms. The van der Waals surface area contributed by atoms with Gasteiger partial charge in [-0.1, -0.05) is 40.2 Å². The molecule has 0 amide bonds. The number of benzene rings is 2. The lowest BCUT2D eigenvalue weighted by atomic mass is 10.1. The smallest absolute Gasteiger partial charge is 0.124 e. The summed E-state index contributed by atoms with van der Waals surface area (Å²) < 4.78 is 6.99. The molecule has 2 aromatic carbocycles. The van der Waals surface area contributed by atoms with Crippen LogP contribution in [0.5, 0.6) is 5.75 Å². The Morgan fingerprint density at radius 3 is 2.43 bits per heavy atom. The van der Waals surface area contributed by atoms with Crippen LogP contribution < -0.4 is 10.1 Å². The molecule has 0 fully saturated rings. The Hall–Kier alpha value is -1.36. The van der Waals surface area contributed by atoms with Crippen molar-refractivity contribution in [3.05, 3.63) is 63.6 Å². The SMILES string of the molecule is CNC(C)c1cc(Br)ccc1OCc1ccc(CO)cc1. The van der Waals surface area contributed by atoms with Crippen LogP contribution in [0.15, 0.2) is 46.9 Å². The summed E-state index contributed by atoms with van der Waals surface area (Å²) in [5.74, 6) is 0.881. The molecule has 0 saturated heterocycles. The maximum Gasteiger partial charge on any atom is 0.124 e. The highest BCUT2D eigenvalue weighted by atomic mass is 79.9. The van der Waals surface area contributed by atoms with Crippen molar-refractivity contribution in [2.45, 2.75) is 26.2 Å². The van der Waals surface area contributed by atoms with Crippen molar-refractivity contribution in [2.24, 2.45) is 0 Å². The monoisotopic (exact) mass is 349 g/mol. The summed E-state index contributed by atoms with van der Waals surface area (Å²) in [4.78, 5) is 0. The second kappa shape index (κ2) is 7.59. The number of hydrogen-bond acceptors (Lipinski definition) is 3.